The van der Waals surface area contributed by atoms with E-state index in [0.717, 1.165) is 54.7 Å². The maximum absolute atomic E-state index is 11.8. The number of aryl methyl sites for hydroxylation is 2. The number of benzene rings is 1. The molecule has 4 rings (SSSR count). The molecule has 2 N–H and O–H groups in total. The Morgan fingerprint density at radius 1 is 1.20 bits per heavy atom. The number of likely N-dealkylation sites (N-methyl/N-ethyl adjacent to an activating group) is 1. The molecular formula is C25H38N4O. The highest BCUT2D eigenvalue weighted by Crippen LogP contribution is 2.38. The topological polar surface area (TPSA) is 56.8 Å². The molecule has 3 aromatic rings. The van der Waals surface area contributed by atoms with Crippen molar-refractivity contribution < 1.29 is 4.79 Å². The molecule has 1 aliphatic rings. The molecule has 0 fully saturated rings. The summed E-state index contributed by atoms with van der Waals surface area (Å²) in [6.07, 6.45) is 8.28. The molecule has 1 aromatic carbocycles. The Kier molecular flexibility index (Phi) is 7.77. The Balaban J connectivity index is 0.000000757. The first kappa shape index (κ1) is 23.6. The van der Waals surface area contributed by atoms with E-state index in [9.17, 15) is 4.79 Å². The van der Waals surface area contributed by atoms with Gasteiger partial charge in [-0.25, -0.2) is 4.68 Å². The van der Waals surface area contributed by atoms with Gasteiger partial charge in [-0.05, 0) is 50.8 Å². The van der Waals surface area contributed by atoms with Crippen molar-refractivity contribution in [2.75, 3.05) is 18.5 Å². The quantitative estimate of drug-likeness (QED) is 0.405. The summed E-state index contributed by atoms with van der Waals surface area (Å²) >= 11 is 0. The third kappa shape index (κ3) is 4.11. The fourth-order valence-electron chi connectivity index (χ4n) is 3.96. The number of nitrogens with zero attached hydrogens (tertiary/aromatic N) is 2. The van der Waals surface area contributed by atoms with Gasteiger partial charge in [-0.1, -0.05) is 33.8 Å². The normalized spacial score (nSPS) is 12.5. The van der Waals surface area contributed by atoms with E-state index in [4.69, 9.17) is 0 Å². The van der Waals surface area contributed by atoms with Crippen molar-refractivity contribution in [2.24, 2.45) is 0 Å². The second-order valence-corrected chi connectivity index (χ2v) is 7.83. The van der Waals surface area contributed by atoms with Crippen LogP contribution >= 0.6 is 0 Å². The molecule has 0 atom stereocenters. The van der Waals surface area contributed by atoms with Crippen LogP contribution in [0.15, 0.2) is 31.0 Å². The minimum Gasteiger partial charge on any atom is -0.371 e. The van der Waals surface area contributed by atoms with Gasteiger partial charge in [-0.15, -0.1) is 6.58 Å². The van der Waals surface area contributed by atoms with Gasteiger partial charge in [0.05, 0.1) is 5.69 Å². The van der Waals surface area contributed by atoms with Gasteiger partial charge >= 0.3 is 0 Å². The Bertz CT molecular complexity index is 987. The van der Waals surface area contributed by atoms with E-state index >= 15 is 0 Å². The van der Waals surface area contributed by atoms with Crippen LogP contribution in [-0.2, 0) is 23.1 Å². The number of anilines is 1. The predicted molar refractivity (Wildman–Crippen MR) is 129 cm³/mol. The molecule has 0 spiro atoms. The van der Waals surface area contributed by atoms with Gasteiger partial charge in [0, 0.05) is 47.4 Å². The van der Waals surface area contributed by atoms with Crippen molar-refractivity contribution in [1.29, 1.82) is 0 Å². The van der Waals surface area contributed by atoms with Crippen molar-refractivity contribution in [3.8, 4) is 5.82 Å². The molecule has 0 saturated heterocycles. The molecule has 0 radical (unpaired) electrons. The molecule has 30 heavy (non-hydrogen) atoms. The summed E-state index contributed by atoms with van der Waals surface area (Å²) < 4.78 is 2.15. The van der Waals surface area contributed by atoms with Gasteiger partial charge < -0.3 is 14.7 Å². The lowest BCUT2D eigenvalue weighted by Gasteiger charge is -2.27. The Hall–Kier alpha value is -2.69. The molecule has 5 nitrogen and oxygen atoms in total. The number of aldehydes is 1. The summed E-state index contributed by atoms with van der Waals surface area (Å²) in [5.41, 5.74) is 5.33. The number of rotatable bonds is 5. The minimum atomic E-state index is -0.554. The van der Waals surface area contributed by atoms with Gasteiger partial charge in [0.1, 0.15) is 12.1 Å². The zero-order valence-electron chi connectivity index (χ0n) is 19.7. The molecular weight excluding hydrogens is 372 g/mol. The molecule has 1 aliphatic heterocycles. The van der Waals surface area contributed by atoms with E-state index in [1.807, 2.05) is 47.6 Å². The van der Waals surface area contributed by atoms with E-state index in [1.165, 1.54) is 16.6 Å². The third-order valence-electron chi connectivity index (χ3n) is 5.53. The SMILES string of the molecule is C=CCN(C)c1cc2c3c([nH]c2cc1C(C)(C)C=O)-n1[nH]cc1CCC3.CC.CC. The summed E-state index contributed by atoms with van der Waals surface area (Å²) in [4.78, 5) is 17.5. The summed E-state index contributed by atoms with van der Waals surface area (Å²) in [5, 5.41) is 4.52. The largest absolute Gasteiger partial charge is 0.371 e. The number of carbonyl (C=O) groups excluding carboxylic acids is 1. The van der Waals surface area contributed by atoms with Crippen LogP contribution in [0.3, 0.4) is 0 Å². The van der Waals surface area contributed by atoms with E-state index in [-0.39, 0.29) is 0 Å². The second-order valence-electron chi connectivity index (χ2n) is 7.83. The second kappa shape index (κ2) is 9.88. The van der Waals surface area contributed by atoms with Gasteiger partial charge in [-0.2, -0.15) is 0 Å². The predicted octanol–water partition coefficient (Wildman–Crippen LogP) is 5.93. The number of aromatic nitrogens is 3. The molecule has 0 saturated carbocycles. The van der Waals surface area contributed by atoms with E-state index in [0.29, 0.717) is 0 Å². The highest BCUT2D eigenvalue weighted by Gasteiger charge is 2.27. The highest BCUT2D eigenvalue weighted by atomic mass is 16.1. The molecule has 0 aliphatic carbocycles. The average Bonchev–Trinajstić information content (AvgIpc) is 3.03. The van der Waals surface area contributed by atoms with Crippen LogP contribution in [0.1, 0.15) is 64.8 Å². The van der Waals surface area contributed by atoms with Crippen LogP contribution in [0.5, 0.6) is 0 Å². The van der Waals surface area contributed by atoms with Crippen molar-refractivity contribution in [1.82, 2.24) is 14.8 Å². The molecule has 0 unspecified atom stereocenters. The van der Waals surface area contributed by atoms with E-state index in [2.05, 4.69) is 51.6 Å². The number of hydrogen-bond acceptors (Lipinski definition) is 2. The number of aromatic amines is 2. The molecule has 0 amide bonds. The Labute approximate surface area is 181 Å². The van der Waals surface area contributed by atoms with E-state index < -0.39 is 5.41 Å². The standard InChI is InChI=1S/C21H26N4O.2C2H6/c1-5-9-24(4)19-10-16-15-8-6-7-14-12-22-25(14)20(15)23-18(16)11-17(19)21(2,3)13-26;2*1-2/h5,10-13,22-23H,1,6-9H2,2-4H3;2*1-2H3. The molecule has 2 aromatic heterocycles. The van der Waals surface area contributed by atoms with E-state index in [1.54, 1.807) is 0 Å². The Morgan fingerprint density at radius 3 is 2.47 bits per heavy atom. The smallest absolute Gasteiger partial charge is 0.133 e. The van der Waals surface area contributed by atoms with Gasteiger partial charge in [0.2, 0.25) is 0 Å². The molecule has 5 heteroatoms. The van der Waals surface area contributed by atoms with Crippen molar-refractivity contribution >= 4 is 22.9 Å². The molecule has 164 valence electrons. The number of carbonyl (C=O) groups is 1. The fraction of sp³-hybridized carbons (Fsp3) is 0.480. The lowest BCUT2D eigenvalue weighted by Crippen LogP contribution is -2.25. The minimum absolute atomic E-state index is 0.554. The fourth-order valence-corrected chi connectivity index (χ4v) is 3.96. The van der Waals surface area contributed by atoms with Gasteiger partial charge in [0.15, 0.2) is 0 Å². The monoisotopic (exact) mass is 410 g/mol. The van der Waals surface area contributed by atoms with Gasteiger partial charge in [0.25, 0.3) is 0 Å². The number of hydrogen-bond donors (Lipinski definition) is 2. The summed E-state index contributed by atoms with van der Waals surface area (Å²) in [7, 11) is 2.05. The van der Waals surface area contributed by atoms with Crippen LogP contribution in [-0.4, -0.2) is 34.6 Å². The van der Waals surface area contributed by atoms with Crippen LogP contribution in [0.4, 0.5) is 5.69 Å². The number of H-pyrrole nitrogens is 2. The average molecular weight is 411 g/mol. The van der Waals surface area contributed by atoms with Crippen LogP contribution in [0.2, 0.25) is 0 Å². The first-order valence-corrected chi connectivity index (χ1v) is 11.2. The molecule has 0 bridgehead atoms. The Morgan fingerprint density at radius 2 is 1.90 bits per heavy atom. The van der Waals surface area contributed by atoms with Crippen molar-refractivity contribution in [2.45, 2.75) is 66.2 Å². The van der Waals surface area contributed by atoms with Gasteiger partial charge in [-0.3, -0.25) is 5.10 Å². The zero-order chi connectivity index (χ0) is 22.5. The lowest BCUT2D eigenvalue weighted by atomic mass is 9.84. The summed E-state index contributed by atoms with van der Waals surface area (Å²) in [6, 6.07) is 4.39. The number of nitrogens with one attached hydrogen (secondary N) is 2. The third-order valence-corrected chi connectivity index (χ3v) is 5.53. The maximum atomic E-state index is 11.8. The van der Waals surface area contributed by atoms with Crippen molar-refractivity contribution in [3.63, 3.8) is 0 Å². The zero-order valence-corrected chi connectivity index (χ0v) is 19.7. The summed E-state index contributed by atoms with van der Waals surface area (Å²) in [5.74, 6) is 1.13. The highest BCUT2D eigenvalue weighted by molar-refractivity contribution is 5.93. The lowest BCUT2D eigenvalue weighted by molar-refractivity contribution is -0.111. The molecule has 3 heterocycles. The van der Waals surface area contributed by atoms with Crippen molar-refractivity contribution in [3.05, 3.63) is 47.8 Å². The van der Waals surface area contributed by atoms with Crippen LogP contribution < -0.4 is 4.90 Å². The summed E-state index contributed by atoms with van der Waals surface area (Å²) in [6.45, 7) is 16.5. The van der Waals surface area contributed by atoms with Crippen LogP contribution in [0, 0.1) is 0 Å². The first-order valence-electron chi connectivity index (χ1n) is 11.2. The van der Waals surface area contributed by atoms with Crippen LogP contribution in [0.25, 0.3) is 16.7 Å². The number of fused-ring (bicyclic) bond motifs is 5. The first-order chi connectivity index (χ1) is 14.5. The maximum Gasteiger partial charge on any atom is 0.133 e.